The lowest BCUT2D eigenvalue weighted by Crippen LogP contribution is -2.18. The Morgan fingerprint density at radius 1 is 1.35 bits per heavy atom. The van der Waals surface area contributed by atoms with Gasteiger partial charge in [-0.3, -0.25) is 9.67 Å². The number of pyridine rings is 1. The SMILES string of the molecule is CNC(CCc1ccccn1)c1ccn(C)n1. The first-order valence-electron chi connectivity index (χ1n) is 5.86. The Balaban J connectivity index is 1.97. The number of rotatable bonds is 5. The molecule has 2 aromatic heterocycles. The van der Waals surface area contributed by atoms with E-state index < -0.39 is 0 Å². The number of hydrogen-bond donors (Lipinski definition) is 1. The Hall–Kier alpha value is -1.68. The van der Waals surface area contributed by atoms with Crippen LogP contribution in [0.4, 0.5) is 0 Å². The fraction of sp³-hybridized carbons (Fsp3) is 0.385. The van der Waals surface area contributed by atoms with Crippen molar-refractivity contribution in [1.82, 2.24) is 20.1 Å². The maximum absolute atomic E-state index is 4.43. The highest BCUT2D eigenvalue weighted by atomic mass is 15.3. The lowest BCUT2D eigenvalue weighted by Gasteiger charge is -2.13. The Bertz CT molecular complexity index is 449. The summed E-state index contributed by atoms with van der Waals surface area (Å²) in [7, 11) is 3.91. The number of aromatic nitrogens is 3. The van der Waals surface area contributed by atoms with Gasteiger partial charge in [0.15, 0.2) is 0 Å². The lowest BCUT2D eigenvalue weighted by atomic mass is 10.1. The van der Waals surface area contributed by atoms with Crippen LogP contribution in [0.2, 0.25) is 0 Å². The molecule has 2 aromatic rings. The molecule has 0 radical (unpaired) electrons. The fourth-order valence-corrected chi connectivity index (χ4v) is 1.90. The topological polar surface area (TPSA) is 42.7 Å². The van der Waals surface area contributed by atoms with E-state index in [1.807, 2.05) is 43.3 Å². The van der Waals surface area contributed by atoms with Crippen molar-refractivity contribution >= 4 is 0 Å². The Labute approximate surface area is 102 Å². The molecule has 0 aliphatic heterocycles. The van der Waals surface area contributed by atoms with Crippen molar-refractivity contribution in [3.05, 3.63) is 48.0 Å². The van der Waals surface area contributed by atoms with Crippen LogP contribution >= 0.6 is 0 Å². The summed E-state index contributed by atoms with van der Waals surface area (Å²) in [5.74, 6) is 0. The molecule has 1 atom stereocenters. The molecule has 4 heteroatoms. The number of nitrogens with one attached hydrogen (secondary N) is 1. The van der Waals surface area contributed by atoms with Gasteiger partial charge in [-0.15, -0.1) is 0 Å². The predicted octanol–water partition coefficient (Wildman–Crippen LogP) is 1.71. The minimum atomic E-state index is 0.290. The lowest BCUT2D eigenvalue weighted by molar-refractivity contribution is 0.524. The molecular weight excluding hydrogens is 212 g/mol. The second-order valence-corrected chi connectivity index (χ2v) is 4.12. The van der Waals surface area contributed by atoms with Gasteiger partial charge < -0.3 is 5.32 Å². The van der Waals surface area contributed by atoms with Crippen molar-refractivity contribution in [3.8, 4) is 0 Å². The maximum atomic E-state index is 4.43. The van der Waals surface area contributed by atoms with E-state index in [1.165, 1.54) is 0 Å². The van der Waals surface area contributed by atoms with Crippen LogP contribution in [0, 0.1) is 0 Å². The standard InChI is InChI=1S/C13H18N4/c1-14-12(13-8-10-17(2)16-13)7-6-11-5-3-4-9-15-11/h3-5,8-10,12,14H,6-7H2,1-2H3. The van der Waals surface area contributed by atoms with E-state index >= 15 is 0 Å². The van der Waals surface area contributed by atoms with Crippen molar-refractivity contribution in [2.45, 2.75) is 18.9 Å². The van der Waals surface area contributed by atoms with Gasteiger partial charge in [-0.25, -0.2) is 0 Å². The quantitative estimate of drug-likeness (QED) is 0.850. The van der Waals surface area contributed by atoms with Gasteiger partial charge in [-0.05, 0) is 38.1 Å². The maximum Gasteiger partial charge on any atom is 0.0793 e. The Morgan fingerprint density at radius 3 is 2.82 bits per heavy atom. The molecule has 0 amide bonds. The van der Waals surface area contributed by atoms with Gasteiger partial charge in [-0.2, -0.15) is 5.10 Å². The van der Waals surface area contributed by atoms with Gasteiger partial charge in [0, 0.05) is 25.1 Å². The number of nitrogens with zero attached hydrogens (tertiary/aromatic N) is 3. The van der Waals surface area contributed by atoms with Crippen molar-refractivity contribution < 1.29 is 0 Å². The Morgan fingerprint density at radius 2 is 2.24 bits per heavy atom. The molecule has 0 aliphatic carbocycles. The van der Waals surface area contributed by atoms with E-state index in [2.05, 4.69) is 27.5 Å². The third kappa shape index (κ3) is 3.14. The third-order valence-electron chi connectivity index (χ3n) is 2.86. The molecule has 1 unspecified atom stereocenters. The molecule has 17 heavy (non-hydrogen) atoms. The molecule has 4 nitrogen and oxygen atoms in total. The minimum Gasteiger partial charge on any atom is -0.312 e. The van der Waals surface area contributed by atoms with Crippen LogP contribution in [-0.2, 0) is 13.5 Å². The first-order chi connectivity index (χ1) is 8.29. The molecule has 0 aliphatic rings. The molecule has 0 saturated carbocycles. The van der Waals surface area contributed by atoms with E-state index in [9.17, 15) is 0 Å². The monoisotopic (exact) mass is 230 g/mol. The summed E-state index contributed by atoms with van der Waals surface area (Å²) in [6, 6.07) is 8.37. The molecule has 0 aromatic carbocycles. The van der Waals surface area contributed by atoms with Crippen LogP contribution in [0.5, 0.6) is 0 Å². The van der Waals surface area contributed by atoms with Gasteiger partial charge >= 0.3 is 0 Å². The van der Waals surface area contributed by atoms with Crippen LogP contribution in [0.25, 0.3) is 0 Å². The van der Waals surface area contributed by atoms with Gasteiger partial charge in [0.05, 0.1) is 11.7 Å². The summed E-state index contributed by atoms with van der Waals surface area (Å²) in [5, 5.41) is 7.73. The largest absolute Gasteiger partial charge is 0.312 e. The second-order valence-electron chi connectivity index (χ2n) is 4.12. The fourth-order valence-electron chi connectivity index (χ4n) is 1.90. The van der Waals surface area contributed by atoms with E-state index in [0.29, 0.717) is 6.04 Å². The zero-order chi connectivity index (χ0) is 12.1. The summed E-state index contributed by atoms with van der Waals surface area (Å²) >= 11 is 0. The van der Waals surface area contributed by atoms with Gasteiger partial charge in [0.1, 0.15) is 0 Å². The smallest absolute Gasteiger partial charge is 0.0793 e. The van der Waals surface area contributed by atoms with Crippen LogP contribution in [0.15, 0.2) is 36.7 Å². The minimum absolute atomic E-state index is 0.290. The van der Waals surface area contributed by atoms with Crippen molar-refractivity contribution in [1.29, 1.82) is 0 Å². The van der Waals surface area contributed by atoms with Gasteiger partial charge in [0.2, 0.25) is 0 Å². The molecule has 0 fully saturated rings. The van der Waals surface area contributed by atoms with Crippen LogP contribution in [-0.4, -0.2) is 21.8 Å². The van der Waals surface area contributed by atoms with E-state index in [1.54, 1.807) is 0 Å². The number of hydrogen-bond acceptors (Lipinski definition) is 3. The first kappa shape index (κ1) is 11.8. The highest BCUT2D eigenvalue weighted by molar-refractivity contribution is 5.08. The summed E-state index contributed by atoms with van der Waals surface area (Å²) in [6.07, 6.45) is 5.78. The molecule has 2 rings (SSSR count). The summed E-state index contributed by atoms with van der Waals surface area (Å²) in [5.41, 5.74) is 2.22. The van der Waals surface area contributed by atoms with Crippen molar-refractivity contribution in [2.24, 2.45) is 7.05 Å². The van der Waals surface area contributed by atoms with Crippen LogP contribution < -0.4 is 5.32 Å². The molecule has 90 valence electrons. The molecular formula is C13H18N4. The Kier molecular flexibility index (Phi) is 3.88. The third-order valence-corrected chi connectivity index (χ3v) is 2.86. The number of aryl methyl sites for hydroxylation is 2. The van der Waals surface area contributed by atoms with E-state index in [0.717, 1.165) is 24.2 Å². The summed E-state index contributed by atoms with van der Waals surface area (Å²) in [6.45, 7) is 0. The van der Waals surface area contributed by atoms with Gasteiger partial charge in [-0.1, -0.05) is 6.07 Å². The normalized spacial score (nSPS) is 12.6. The van der Waals surface area contributed by atoms with Crippen molar-refractivity contribution in [2.75, 3.05) is 7.05 Å². The molecule has 0 bridgehead atoms. The average molecular weight is 230 g/mol. The van der Waals surface area contributed by atoms with Crippen LogP contribution in [0.1, 0.15) is 23.9 Å². The van der Waals surface area contributed by atoms with E-state index in [4.69, 9.17) is 0 Å². The highest BCUT2D eigenvalue weighted by Crippen LogP contribution is 2.16. The molecule has 0 saturated heterocycles. The average Bonchev–Trinajstić information content (AvgIpc) is 2.78. The van der Waals surface area contributed by atoms with Crippen molar-refractivity contribution in [3.63, 3.8) is 0 Å². The molecule has 0 spiro atoms. The highest BCUT2D eigenvalue weighted by Gasteiger charge is 2.11. The molecule has 1 N–H and O–H groups in total. The zero-order valence-electron chi connectivity index (χ0n) is 10.3. The second kappa shape index (κ2) is 5.59. The zero-order valence-corrected chi connectivity index (χ0v) is 10.3. The summed E-state index contributed by atoms with van der Waals surface area (Å²) < 4.78 is 1.83. The van der Waals surface area contributed by atoms with Crippen LogP contribution in [0.3, 0.4) is 0 Å². The first-order valence-corrected chi connectivity index (χ1v) is 5.86. The van der Waals surface area contributed by atoms with Gasteiger partial charge in [0.25, 0.3) is 0 Å². The van der Waals surface area contributed by atoms with E-state index in [-0.39, 0.29) is 0 Å². The molecule has 2 heterocycles. The summed E-state index contributed by atoms with van der Waals surface area (Å²) in [4.78, 5) is 4.33. The predicted molar refractivity (Wildman–Crippen MR) is 67.6 cm³/mol.